The molecular formula is C16H20N4O. The minimum atomic E-state index is 0.160. The van der Waals surface area contributed by atoms with E-state index in [1.165, 1.54) is 0 Å². The van der Waals surface area contributed by atoms with Crippen LogP contribution in [0.25, 0.3) is 0 Å². The number of aromatic nitrogens is 3. The lowest BCUT2D eigenvalue weighted by atomic mass is 10.1. The molecule has 1 atom stereocenters. The highest BCUT2D eigenvalue weighted by Crippen LogP contribution is 2.20. The normalized spacial score (nSPS) is 18.6. The van der Waals surface area contributed by atoms with Gasteiger partial charge in [-0.1, -0.05) is 0 Å². The third-order valence-electron chi connectivity index (χ3n) is 3.57. The SMILES string of the molecule is Cc1cc(C)nc(N2CCCC(Oc3cccnc3)C2)n1. The molecule has 1 aliphatic heterocycles. The fraction of sp³-hybridized carbons (Fsp3) is 0.438. The number of rotatable bonds is 3. The van der Waals surface area contributed by atoms with Gasteiger partial charge in [-0.3, -0.25) is 4.98 Å². The second kappa shape index (κ2) is 6.08. The van der Waals surface area contributed by atoms with Gasteiger partial charge in [0.05, 0.1) is 12.7 Å². The Bertz CT molecular complexity index is 582. The molecular weight excluding hydrogens is 264 g/mol. The molecule has 2 aromatic heterocycles. The summed E-state index contributed by atoms with van der Waals surface area (Å²) in [5.74, 6) is 1.64. The first-order valence-electron chi connectivity index (χ1n) is 7.34. The van der Waals surface area contributed by atoms with Gasteiger partial charge in [-0.05, 0) is 44.9 Å². The monoisotopic (exact) mass is 284 g/mol. The standard InChI is InChI=1S/C16H20N4O/c1-12-9-13(2)19-16(18-12)20-8-4-6-15(11-20)21-14-5-3-7-17-10-14/h3,5,7,9-10,15H,4,6,8,11H2,1-2H3. The summed E-state index contributed by atoms with van der Waals surface area (Å²) in [4.78, 5) is 15.4. The zero-order valence-electron chi connectivity index (χ0n) is 12.5. The van der Waals surface area contributed by atoms with Gasteiger partial charge >= 0.3 is 0 Å². The minimum absolute atomic E-state index is 0.160. The van der Waals surface area contributed by atoms with Crippen LogP contribution in [0, 0.1) is 13.8 Å². The molecule has 3 heterocycles. The van der Waals surface area contributed by atoms with Gasteiger partial charge in [-0.25, -0.2) is 9.97 Å². The Balaban J connectivity index is 1.70. The molecule has 3 rings (SSSR count). The third-order valence-corrected chi connectivity index (χ3v) is 3.57. The van der Waals surface area contributed by atoms with Crippen molar-refractivity contribution in [2.45, 2.75) is 32.8 Å². The number of hydrogen-bond donors (Lipinski definition) is 0. The van der Waals surface area contributed by atoms with Crippen molar-refractivity contribution in [3.63, 3.8) is 0 Å². The maximum absolute atomic E-state index is 6.01. The van der Waals surface area contributed by atoms with Crippen molar-refractivity contribution in [1.82, 2.24) is 15.0 Å². The average Bonchev–Trinajstić information content (AvgIpc) is 2.47. The van der Waals surface area contributed by atoms with Crippen molar-refractivity contribution >= 4 is 5.95 Å². The molecule has 0 aliphatic carbocycles. The van der Waals surface area contributed by atoms with Crippen molar-refractivity contribution in [3.8, 4) is 5.75 Å². The number of pyridine rings is 1. The van der Waals surface area contributed by atoms with E-state index in [2.05, 4.69) is 19.9 Å². The summed E-state index contributed by atoms with van der Waals surface area (Å²) in [5.41, 5.74) is 2.01. The zero-order valence-corrected chi connectivity index (χ0v) is 12.5. The van der Waals surface area contributed by atoms with Gasteiger partial charge in [-0.15, -0.1) is 0 Å². The van der Waals surface area contributed by atoms with Crippen LogP contribution < -0.4 is 9.64 Å². The molecule has 5 nitrogen and oxygen atoms in total. The van der Waals surface area contributed by atoms with Crippen LogP contribution in [0.15, 0.2) is 30.6 Å². The molecule has 1 aliphatic rings. The van der Waals surface area contributed by atoms with Crippen LogP contribution in [0.5, 0.6) is 5.75 Å². The van der Waals surface area contributed by atoms with E-state index < -0.39 is 0 Å². The third kappa shape index (κ3) is 3.48. The smallest absolute Gasteiger partial charge is 0.225 e. The molecule has 110 valence electrons. The van der Waals surface area contributed by atoms with Gasteiger partial charge in [0.2, 0.25) is 5.95 Å². The van der Waals surface area contributed by atoms with Gasteiger partial charge in [-0.2, -0.15) is 0 Å². The predicted molar refractivity (Wildman–Crippen MR) is 81.6 cm³/mol. The lowest BCUT2D eigenvalue weighted by molar-refractivity contribution is 0.178. The first-order chi connectivity index (χ1) is 10.2. The molecule has 5 heteroatoms. The van der Waals surface area contributed by atoms with Gasteiger partial charge in [0, 0.05) is 24.1 Å². The second-order valence-corrected chi connectivity index (χ2v) is 5.47. The number of aryl methyl sites for hydroxylation is 2. The van der Waals surface area contributed by atoms with E-state index in [-0.39, 0.29) is 6.10 Å². The zero-order chi connectivity index (χ0) is 14.7. The van der Waals surface area contributed by atoms with Crippen LogP contribution in [0.1, 0.15) is 24.2 Å². The summed E-state index contributed by atoms with van der Waals surface area (Å²) >= 11 is 0. The van der Waals surface area contributed by atoms with Gasteiger partial charge in [0.1, 0.15) is 11.9 Å². The number of nitrogens with zero attached hydrogens (tertiary/aromatic N) is 4. The summed E-state index contributed by atoms with van der Waals surface area (Å²) in [6.07, 6.45) is 5.81. The largest absolute Gasteiger partial charge is 0.487 e. The maximum atomic E-state index is 6.01. The Labute approximate surface area is 125 Å². The Hall–Kier alpha value is -2.17. The quantitative estimate of drug-likeness (QED) is 0.867. The van der Waals surface area contributed by atoms with Crippen molar-refractivity contribution in [2.24, 2.45) is 0 Å². The number of anilines is 1. The Morgan fingerprint density at radius 3 is 2.76 bits per heavy atom. The molecule has 2 aromatic rings. The van der Waals surface area contributed by atoms with Gasteiger partial charge < -0.3 is 9.64 Å². The maximum Gasteiger partial charge on any atom is 0.225 e. The highest BCUT2D eigenvalue weighted by atomic mass is 16.5. The fourth-order valence-electron chi connectivity index (χ4n) is 2.67. The summed E-state index contributed by atoms with van der Waals surface area (Å²) in [6.45, 7) is 5.81. The summed E-state index contributed by atoms with van der Waals surface area (Å²) in [7, 11) is 0. The molecule has 0 bridgehead atoms. The Morgan fingerprint density at radius 2 is 2.05 bits per heavy atom. The fourth-order valence-corrected chi connectivity index (χ4v) is 2.67. The van der Waals surface area contributed by atoms with Gasteiger partial charge in [0.25, 0.3) is 0 Å². The van der Waals surface area contributed by atoms with Crippen molar-refractivity contribution in [1.29, 1.82) is 0 Å². The topological polar surface area (TPSA) is 51.1 Å². The van der Waals surface area contributed by atoms with E-state index in [1.54, 1.807) is 12.4 Å². The molecule has 21 heavy (non-hydrogen) atoms. The lowest BCUT2D eigenvalue weighted by Gasteiger charge is -2.33. The van der Waals surface area contributed by atoms with Crippen LogP contribution in [0.2, 0.25) is 0 Å². The van der Waals surface area contributed by atoms with Crippen molar-refractivity contribution in [3.05, 3.63) is 42.0 Å². The highest BCUT2D eigenvalue weighted by Gasteiger charge is 2.23. The molecule has 0 radical (unpaired) electrons. The molecule has 0 aromatic carbocycles. The molecule has 1 unspecified atom stereocenters. The molecule has 0 amide bonds. The van der Waals surface area contributed by atoms with E-state index >= 15 is 0 Å². The summed E-state index contributed by atoms with van der Waals surface area (Å²) in [6, 6.07) is 5.83. The first kappa shape index (κ1) is 13.8. The molecule has 1 fully saturated rings. The summed E-state index contributed by atoms with van der Waals surface area (Å²) < 4.78 is 6.01. The lowest BCUT2D eigenvalue weighted by Crippen LogP contribution is -2.42. The molecule has 1 saturated heterocycles. The number of piperidine rings is 1. The van der Waals surface area contributed by atoms with Crippen LogP contribution in [0.4, 0.5) is 5.95 Å². The van der Waals surface area contributed by atoms with E-state index in [1.807, 2.05) is 32.0 Å². The van der Waals surface area contributed by atoms with Crippen LogP contribution in [-0.4, -0.2) is 34.1 Å². The molecule has 0 spiro atoms. The van der Waals surface area contributed by atoms with E-state index in [4.69, 9.17) is 4.74 Å². The van der Waals surface area contributed by atoms with Crippen LogP contribution in [-0.2, 0) is 0 Å². The van der Waals surface area contributed by atoms with E-state index in [0.29, 0.717) is 0 Å². The van der Waals surface area contributed by atoms with E-state index in [9.17, 15) is 0 Å². The van der Waals surface area contributed by atoms with Crippen molar-refractivity contribution < 1.29 is 4.74 Å². The van der Waals surface area contributed by atoms with Crippen LogP contribution >= 0.6 is 0 Å². The Kier molecular flexibility index (Phi) is 3.99. The Morgan fingerprint density at radius 1 is 1.24 bits per heavy atom. The second-order valence-electron chi connectivity index (χ2n) is 5.47. The minimum Gasteiger partial charge on any atom is -0.487 e. The van der Waals surface area contributed by atoms with E-state index in [0.717, 1.165) is 49.0 Å². The first-order valence-corrected chi connectivity index (χ1v) is 7.34. The average molecular weight is 284 g/mol. The highest BCUT2D eigenvalue weighted by molar-refractivity contribution is 5.33. The number of ether oxygens (including phenoxy) is 1. The number of hydrogen-bond acceptors (Lipinski definition) is 5. The predicted octanol–water partition coefficient (Wildman–Crippen LogP) is 2.54. The molecule has 0 N–H and O–H groups in total. The molecule has 0 saturated carbocycles. The van der Waals surface area contributed by atoms with Gasteiger partial charge in [0.15, 0.2) is 0 Å². The van der Waals surface area contributed by atoms with Crippen molar-refractivity contribution in [2.75, 3.05) is 18.0 Å². The van der Waals surface area contributed by atoms with Crippen LogP contribution in [0.3, 0.4) is 0 Å². The summed E-state index contributed by atoms with van der Waals surface area (Å²) in [5, 5.41) is 0.